The molecule has 1 atom stereocenters. The van der Waals surface area contributed by atoms with Crippen molar-refractivity contribution in [3.8, 4) is 5.75 Å². The van der Waals surface area contributed by atoms with Gasteiger partial charge in [-0.3, -0.25) is 10.2 Å². The van der Waals surface area contributed by atoms with Crippen LogP contribution in [0.15, 0.2) is 87.7 Å². The summed E-state index contributed by atoms with van der Waals surface area (Å²) in [5, 5.41) is 34.4. The zero-order chi connectivity index (χ0) is 26.2. The summed E-state index contributed by atoms with van der Waals surface area (Å²) in [6, 6.07) is 14.2. The van der Waals surface area contributed by atoms with Crippen LogP contribution in [0.25, 0.3) is 5.57 Å². The molecule has 3 N–H and O–H groups in total. The van der Waals surface area contributed by atoms with Gasteiger partial charge in [0.2, 0.25) is 0 Å². The van der Waals surface area contributed by atoms with E-state index in [1.165, 1.54) is 22.4 Å². The molecule has 186 valence electrons. The van der Waals surface area contributed by atoms with Crippen molar-refractivity contribution in [3.63, 3.8) is 0 Å². The Hall–Kier alpha value is -4.50. The van der Waals surface area contributed by atoms with Gasteiger partial charge in [0.25, 0.3) is 0 Å². The molecule has 5 rings (SSSR count). The van der Waals surface area contributed by atoms with Crippen molar-refractivity contribution in [2.24, 2.45) is 10.2 Å². The van der Waals surface area contributed by atoms with Crippen molar-refractivity contribution < 1.29 is 19.8 Å². The maximum atomic E-state index is 13.5. The fraction of sp³-hybridized carbons (Fsp3) is 0.143. The molecule has 0 saturated carbocycles. The van der Waals surface area contributed by atoms with E-state index in [1.54, 1.807) is 36.4 Å². The molecule has 9 heteroatoms. The number of thiophene rings is 1. The molecule has 2 aliphatic rings. The molecule has 3 aromatic rings. The van der Waals surface area contributed by atoms with Crippen LogP contribution in [0, 0.1) is 13.8 Å². The van der Waals surface area contributed by atoms with Crippen LogP contribution in [0.3, 0.4) is 0 Å². The van der Waals surface area contributed by atoms with E-state index in [0.717, 1.165) is 11.1 Å². The molecule has 0 spiro atoms. The maximum Gasteiger partial charge on any atom is 0.335 e. The topological polar surface area (TPSA) is 115 Å². The van der Waals surface area contributed by atoms with E-state index in [4.69, 9.17) is 0 Å². The Morgan fingerprint density at radius 1 is 1.16 bits per heavy atom. The lowest BCUT2D eigenvalue weighted by Gasteiger charge is -2.29. The molecule has 1 unspecified atom stereocenters. The van der Waals surface area contributed by atoms with Gasteiger partial charge in [0, 0.05) is 22.9 Å². The van der Waals surface area contributed by atoms with Crippen LogP contribution in [0.1, 0.15) is 28.7 Å². The second kappa shape index (κ2) is 9.51. The van der Waals surface area contributed by atoms with E-state index in [0.29, 0.717) is 28.1 Å². The van der Waals surface area contributed by atoms with Crippen LogP contribution in [0.4, 0.5) is 5.69 Å². The van der Waals surface area contributed by atoms with E-state index in [1.807, 2.05) is 48.9 Å². The van der Waals surface area contributed by atoms with E-state index in [-0.39, 0.29) is 17.9 Å². The lowest BCUT2D eigenvalue weighted by Crippen LogP contribution is -2.50. The van der Waals surface area contributed by atoms with Gasteiger partial charge >= 0.3 is 11.9 Å². The fourth-order valence-corrected chi connectivity index (χ4v) is 4.87. The first kappa shape index (κ1) is 24.2. The maximum absolute atomic E-state index is 13.5. The van der Waals surface area contributed by atoms with Gasteiger partial charge in [-0.2, -0.15) is 26.5 Å². The number of carboxylic acids is 1. The zero-order valence-corrected chi connectivity index (χ0v) is 21.0. The smallest absolute Gasteiger partial charge is 0.335 e. The Bertz CT molecular complexity index is 1520. The lowest BCUT2D eigenvalue weighted by atomic mass is 9.84. The van der Waals surface area contributed by atoms with Crippen LogP contribution in [0.5, 0.6) is 5.75 Å². The number of rotatable bonds is 6. The zero-order valence-electron chi connectivity index (χ0n) is 20.2. The molecule has 2 aromatic carbocycles. The number of para-hydroxylation sites is 1. The molecule has 2 heterocycles. The highest BCUT2D eigenvalue weighted by Crippen LogP contribution is 2.35. The third kappa shape index (κ3) is 4.45. The summed E-state index contributed by atoms with van der Waals surface area (Å²) in [5.74, 6) is -1.58. The third-order valence-corrected chi connectivity index (χ3v) is 7.18. The van der Waals surface area contributed by atoms with Gasteiger partial charge in [0.1, 0.15) is 11.5 Å². The van der Waals surface area contributed by atoms with Gasteiger partial charge in [-0.05, 0) is 66.3 Å². The highest BCUT2D eigenvalue weighted by Gasteiger charge is 2.41. The highest BCUT2D eigenvalue weighted by atomic mass is 32.1. The summed E-state index contributed by atoms with van der Waals surface area (Å²) < 4.78 is 0. The van der Waals surface area contributed by atoms with Crippen LogP contribution >= 0.6 is 11.3 Å². The van der Waals surface area contributed by atoms with Crippen LogP contribution in [-0.4, -0.2) is 39.1 Å². The molecule has 0 saturated heterocycles. The van der Waals surface area contributed by atoms with Crippen molar-refractivity contribution in [3.05, 3.63) is 99.8 Å². The van der Waals surface area contributed by atoms with Crippen LogP contribution in [-0.2, 0) is 9.59 Å². The fourth-order valence-electron chi connectivity index (χ4n) is 4.23. The molecule has 1 aromatic heterocycles. The second-order valence-corrected chi connectivity index (χ2v) is 9.72. The number of aryl methyl sites for hydroxylation is 2. The SMILES string of the molecule is Cc1ccc(N2N=C(c3ccsc3)/C(=N/NC3(C(=O)O)C=CC=C(c4ccccc4O)C3)C2=O)cc1C. The predicted octanol–water partition coefficient (Wildman–Crippen LogP) is 4.63. The van der Waals surface area contributed by atoms with Gasteiger partial charge in [-0.1, -0.05) is 36.4 Å². The van der Waals surface area contributed by atoms with E-state index in [9.17, 15) is 19.8 Å². The number of phenolic OH excluding ortho intramolecular Hbond substituents is 1. The third-order valence-electron chi connectivity index (χ3n) is 6.50. The highest BCUT2D eigenvalue weighted by molar-refractivity contribution is 7.08. The predicted molar refractivity (Wildman–Crippen MR) is 145 cm³/mol. The van der Waals surface area contributed by atoms with E-state index in [2.05, 4.69) is 15.6 Å². The largest absolute Gasteiger partial charge is 0.507 e. The van der Waals surface area contributed by atoms with Crippen LogP contribution < -0.4 is 10.4 Å². The molecule has 1 aliphatic heterocycles. The Labute approximate surface area is 217 Å². The number of hydrogen-bond acceptors (Lipinski definition) is 7. The lowest BCUT2D eigenvalue weighted by molar-refractivity contribution is -0.142. The minimum atomic E-state index is -1.63. The molecule has 37 heavy (non-hydrogen) atoms. The number of hydrazone groups is 2. The van der Waals surface area contributed by atoms with E-state index < -0.39 is 17.4 Å². The number of amides is 1. The van der Waals surface area contributed by atoms with Crippen molar-refractivity contribution in [1.29, 1.82) is 0 Å². The van der Waals surface area contributed by atoms with Crippen molar-refractivity contribution >= 4 is 45.9 Å². The summed E-state index contributed by atoms with van der Waals surface area (Å²) >= 11 is 1.46. The Morgan fingerprint density at radius 2 is 1.97 bits per heavy atom. The van der Waals surface area contributed by atoms with Crippen molar-refractivity contribution in [2.75, 3.05) is 5.01 Å². The molecule has 1 aliphatic carbocycles. The number of nitrogens with zero attached hydrogens (tertiary/aromatic N) is 3. The molecule has 1 amide bonds. The first-order chi connectivity index (χ1) is 17.8. The summed E-state index contributed by atoms with van der Waals surface area (Å²) in [6.07, 6.45) is 4.86. The molecular formula is C28H24N4O4S. The van der Waals surface area contributed by atoms with Crippen LogP contribution in [0.2, 0.25) is 0 Å². The number of anilines is 1. The Morgan fingerprint density at radius 3 is 2.68 bits per heavy atom. The second-order valence-electron chi connectivity index (χ2n) is 8.94. The number of carbonyl (C=O) groups excluding carboxylic acids is 1. The minimum absolute atomic E-state index is 0.00712. The molecule has 0 radical (unpaired) electrons. The normalized spacial score (nSPS) is 20.2. The summed E-state index contributed by atoms with van der Waals surface area (Å²) in [5.41, 5.74) is 6.08. The van der Waals surface area contributed by atoms with E-state index >= 15 is 0 Å². The molecule has 0 bridgehead atoms. The number of aliphatic carboxylic acids is 1. The van der Waals surface area contributed by atoms with Gasteiger partial charge in [0.05, 0.1) is 5.69 Å². The number of benzene rings is 2. The summed E-state index contributed by atoms with van der Waals surface area (Å²) in [7, 11) is 0. The van der Waals surface area contributed by atoms with Gasteiger partial charge in [-0.25, -0.2) is 4.79 Å². The average molecular weight is 513 g/mol. The monoisotopic (exact) mass is 512 g/mol. The van der Waals surface area contributed by atoms with Gasteiger partial charge < -0.3 is 10.2 Å². The van der Waals surface area contributed by atoms with Gasteiger partial charge in [0.15, 0.2) is 11.3 Å². The van der Waals surface area contributed by atoms with Crippen molar-refractivity contribution in [1.82, 2.24) is 5.43 Å². The number of nitrogens with one attached hydrogen (secondary N) is 1. The molecule has 8 nitrogen and oxygen atoms in total. The number of phenols is 1. The molecular weight excluding hydrogens is 488 g/mol. The van der Waals surface area contributed by atoms with Crippen molar-refractivity contribution in [2.45, 2.75) is 25.8 Å². The summed E-state index contributed by atoms with van der Waals surface area (Å²) in [6.45, 7) is 3.95. The van der Waals surface area contributed by atoms with Gasteiger partial charge in [-0.15, -0.1) is 0 Å². The minimum Gasteiger partial charge on any atom is -0.507 e. The number of allylic oxidation sites excluding steroid dienone is 2. The standard InChI is InChI=1S/C28H24N4O4S/c1-17-9-10-21(14-18(17)2)32-26(34)25(24(30-32)20-11-13-37-16-20)29-31-28(27(35)36)12-5-6-19(15-28)22-7-3-4-8-23(22)33/h3-14,16,31,33H,15H2,1-2H3,(H,35,36)/b29-25-. The quantitative estimate of drug-likeness (QED) is 0.417. The first-order valence-electron chi connectivity index (χ1n) is 11.6. The summed E-state index contributed by atoms with van der Waals surface area (Å²) in [4.78, 5) is 26.0. The number of carboxylic acid groups (broad SMARTS) is 1. The Balaban J connectivity index is 1.51. The average Bonchev–Trinajstić information content (AvgIpc) is 3.53. The number of carbonyl (C=O) groups is 2. The number of aromatic hydroxyl groups is 1. The first-order valence-corrected chi connectivity index (χ1v) is 12.5. The number of hydrogen-bond donors (Lipinski definition) is 3. The molecule has 0 fully saturated rings. The Kier molecular flexibility index (Phi) is 6.22.